The maximum absolute atomic E-state index is 6.24. The lowest BCUT2D eigenvalue weighted by Gasteiger charge is -2.41. The molecule has 0 saturated carbocycles. The Hall–Kier alpha value is -3.34. The highest BCUT2D eigenvalue weighted by Crippen LogP contribution is 2.33. The van der Waals surface area contributed by atoms with Crippen LogP contribution in [0.15, 0.2) is 103 Å². The first-order chi connectivity index (χ1) is 25.3. The SMILES string of the molecule is BrCC1COc2ccccc2O1.CC1(Oc2ccc(Cl)cc2)CCNCC1.CC1(Oc2ccccc2)CCN(CC2COc3ccccc3O2)CC1.Cl. The molecule has 8 rings (SSSR count). The van der Waals surface area contributed by atoms with Crippen molar-refractivity contribution in [2.24, 2.45) is 0 Å². The fourth-order valence-electron chi connectivity index (χ4n) is 6.51. The molecule has 1 N–H and O–H groups in total. The van der Waals surface area contributed by atoms with E-state index < -0.39 is 0 Å². The van der Waals surface area contributed by atoms with Crippen LogP contribution < -0.4 is 33.7 Å². The third-order valence-corrected chi connectivity index (χ3v) is 10.6. The van der Waals surface area contributed by atoms with Crippen molar-refractivity contribution in [1.82, 2.24) is 10.2 Å². The number of nitrogens with zero attached hydrogens (tertiary/aromatic N) is 1. The predicted molar refractivity (Wildman–Crippen MR) is 217 cm³/mol. The molecule has 0 radical (unpaired) electrons. The molecule has 4 aromatic rings. The molecule has 8 nitrogen and oxygen atoms in total. The summed E-state index contributed by atoms with van der Waals surface area (Å²) in [4.78, 5) is 2.46. The molecule has 0 spiro atoms. The summed E-state index contributed by atoms with van der Waals surface area (Å²) in [6.07, 6.45) is 4.37. The van der Waals surface area contributed by atoms with Gasteiger partial charge in [-0.1, -0.05) is 70.0 Å². The van der Waals surface area contributed by atoms with Crippen LogP contribution >= 0.6 is 39.9 Å². The number of halogens is 3. The van der Waals surface area contributed by atoms with Crippen molar-refractivity contribution in [3.05, 3.63) is 108 Å². The van der Waals surface area contributed by atoms with Gasteiger partial charge in [0.05, 0.1) is 0 Å². The molecule has 0 aliphatic carbocycles. The largest absolute Gasteiger partial charge is 0.487 e. The Morgan fingerprint density at radius 3 is 1.70 bits per heavy atom. The van der Waals surface area contributed by atoms with Crippen LogP contribution in [0.4, 0.5) is 0 Å². The number of rotatable bonds is 7. The molecule has 4 aliphatic rings. The first-order valence-electron chi connectivity index (χ1n) is 18.2. The predicted octanol–water partition coefficient (Wildman–Crippen LogP) is 9.26. The van der Waals surface area contributed by atoms with E-state index in [2.05, 4.69) is 40.0 Å². The van der Waals surface area contributed by atoms with Crippen molar-refractivity contribution in [1.29, 1.82) is 0 Å². The minimum Gasteiger partial charge on any atom is -0.487 e. The first-order valence-corrected chi connectivity index (χ1v) is 19.7. The molecule has 0 aromatic heterocycles. The molecule has 4 aromatic carbocycles. The van der Waals surface area contributed by atoms with E-state index in [-0.39, 0.29) is 35.8 Å². The fourth-order valence-corrected chi connectivity index (χ4v) is 6.95. The highest BCUT2D eigenvalue weighted by atomic mass is 79.9. The quantitative estimate of drug-likeness (QED) is 0.185. The van der Waals surface area contributed by atoms with Crippen LogP contribution in [-0.2, 0) is 0 Å². The number of hydrogen-bond donors (Lipinski definition) is 1. The normalized spacial score (nSPS) is 20.8. The summed E-state index contributed by atoms with van der Waals surface area (Å²) in [5.41, 5.74) is -0.118. The Balaban J connectivity index is 0.000000165. The Morgan fingerprint density at radius 2 is 1.13 bits per heavy atom. The van der Waals surface area contributed by atoms with Gasteiger partial charge < -0.3 is 33.7 Å². The summed E-state index contributed by atoms with van der Waals surface area (Å²) < 4.78 is 35.2. The zero-order chi connectivity index (χ0) is 36.2. The van der Waals surface area contributed by atoms with Gasteiger partial charge in [0, 0.05) is 30.0 Å². The molecule has 2 atom stereocenters. The van der Waals surface area contributed by atoms with Gasteiger partial charge in [0.25, 0.3) is 0 Å². The van der Waals surface area contributed by atoms with Crippen molar-refractivity contribution in [3.63, 3.8) is 0 Å². The highest BCUT2D eigenvalue weighted by molar-refractivity contribution is 9.09. The Labute approximate surface area is 333 Å². The molecule has 2 fully saturated rings. The summed E-state index contributed by atoms with van der Waals surface area (Å²) >= 11 is 9.18. The lowest BCUT2D eigenvalue weighted by atomic mass is 9.93. The monoisotopic (exact) mass is 828 g/mol. The molecular weight excluding hydrogens is 779 g/mol. The van der Waals surface area contributed by atoms with Crippen LogP contribution in [0.5, 0.6) is 34.5 Å². The molecule has 0 amide bonds. The smallest absolute Gasteiger partial charge is 0.161 e. The van der Waals surface area contributed by atoms with Gasteiger partial charge in [0.1, 0.15) is 48.1 Å². The number of nitrogens with one attached hydrogen (secondary N) is 1. The van der Waals surface area contributed by atoms with Crippen molar-refractivity contribution >= 4 is 39.9 Å². The van der Waals surface area contributed by atoms with Crippen molar-refractivity contribution in [2.45, 2.75) is 62.9 Å². The van der Waals surface area contributed by atoms with E-state index in [1.54, 1.807) is 0 Å². The van der Waals surface area contributed by atoms with E-state index in [0.717, 1.165) is 103 Å². The number of alkyl halides is 1. The summed E-state index contributed by atoms with van der Waals surface area (Å²) in [7, 11) is 0. The van der Waals surface area contributed by atoms with Crippen LogP contribution in [0.25, 0.3) is 0 Å². The molecule has 286 valence electrons. The Morgan fingerprint density at radius 1 is 0.660 bits per heavy atom. The van der Waals surface area contributed by atoms with Crippen LogP contribution in [-0.4, -0.2) is 79.6 Å². The van der Waals surface area contributed by atoms with Gasteiger partial charge in [-0.25, -0.2) is 0 Å². The molecule has 2 unspecified atom stereocenters. The first kappa shape index (κ1) is 40.8. The minimum absolute atomic E-state index is 0. The third kappa shape index (κ3) is 12.3. The maximum Gasteiger partial charge on any atom is 0.161 e. The molecule has 2 saturated heterocycles. The van der Waals surface area contributed by atoms with E-state index in [1.165, 1.54) is 0 Å². The zero-order valence-electron chi connectivity index (χ0n) is 30.5. The van der Waals surface area contributed by atoms with Gasteiger partial charge >= 0.3 is 0 Å². The lowest BCUT2D eigenvalue weighted by Crippen LogP contribution is -2.49. The second-order valence-corrected chi connectivity index (χ2v) is 15.2. The molecule has 0 bridgehead atoms. The molecule has 4 heterocycles. The maximum atomic E-state index is 6.24. The van der Waals surface area contributed by atoms with Crippen molar-refractivity contribution in [3.8, 4) is 34.5 Å². The average molecular weight is 831 g/mol. The number of benzene rings is 4. The number of para-hydroxylation sites is 5. The highest BCUT2D eigenvalue weighted by Gasteiger charge is 2.34. The topological polar surface area (TPSA) is 70.7 Å². The van der Waals surface area contributed by atoms with Gasteiger partial charge in [-0.2, -0.15) is 0 Å². The van der Waals surface area contributed by atoms with Gasteiger partial charge in [-0.15, -0.1) is 12.4 Å². The van der Waals surface area contributed by atoms with E-state index in [1.807, 2.05) is 103 Å². The number of fused-ring (bicyclic) bond motifs is 2. The lowest BCUT2D eigenvalue weighted by molar-refractivity contribution is -0.00437. The average Bonchev–Trinajstić information content (AvgIpc) is 3.17. The van der Waals surface area contributed by atoms with Gasteiger partial charge in [-0.3, -0.25) is 4.90 Å². The number of ether oxygens (including phenoxy) is 6. The van der Waals surface area contributed by atoms with E-state index in [0.29, 0.717) is 13.2 Å². The summed E-state index contributed by atoms with van der Waals surface area (Å²) in [5.74, 6) is 5.25. The third-order valence-electron chi connectivity index (χ3n) is 9.63. The molecular formula is C42H51BrCl2N2O6. The van der Waals surface area contributed by atoms with Crippen LogP contribution in [0.3, 0.4) is 0 Å². The number of likely N-dealkylation sites (tertiary alicyclic amines) is 1. The number of hydrogen-bond acceptors (Lipinski definition) is 8. The van der Waals surface area contributed by atoms with Crippen LogP contribution in [0, 0.1) is 0 Å². The minimum atomic E-state index is -0.0889. The van der Waals surface area contributed by atoms with Crippen LogP contribution in [0.2, 0.25) is 5.02 Å². The standard InChI is InChI=1S/C21H25NO3.C12H16ClNO.C9H9BrO2.ClH/c1-21(25-17-7-3-2-4-8-17)11-13-22(14-12-21)15-18-16-23-19-9-5-6-10-20(19)24-18;1-12(6-8-14-9-7-12)15-11-4-2-10(13)3-5-11;10-5-7-6-11-8-3-1-2-4-9(8)12-7;/h2-10,18H,11-16H2,1H3;2-5,14H,6-9H2,1H3;1-4,7H,5-6H2;1H. The van der Waals surface area contributed by atoms with Gasteiger partial charge in [0.2, 0.25) is 0 Å². The fraction of sp³-hybridized carbons (Fsp3) is 0.429. The summed E-state index contributed by atoms with van der Waals surface area (Å²) in [6, 6.07) is 33.3. The molecule has 53 heavy (non-hydrogen) atoms. The molecule has 4 aliphatic heterocycles. The van der Waals surface area contributed by atoms with Gasteiger partial charge in [-0.05, 0) is 113 Å². The summed E-state index contributed by atoms with van der Waals surface area (Å²) in [6.45, 7) is 10.6. The van der Waals surface area contributed by atoms with E-state index >= 15 is 0 Å². The van der Waals surface area contributed by atoms with Crippen LogP contribution in [0.1, 0.15) is 39.5 Å². The van der Waals surface area contributed by atoms with Crippen molar-refractivity contribution in [2.75, 3.05) is 51.3 Å². The Kier molecular flexibility index (Phi) is 15.3. The zero-order valence-corrected chi connectivity index (χ0v) is 33.7. The second kappa shape index (κ2) is 19.8. The summed E-state index contributed by atoms with van der Waals surface area (Å²) in [5, 5.41) is 4.89. The van der Waals surface area contributed by atoms with Crippen molar-refractivity contribution < 1.29 is 28.4 Å². The number of piperidine rings is 2. The second-order valence-electron chi connectivity index (χ2n) is 14.1. The van der Waals surface area contributed by atoms with E-state index in [4.69, 9.17) is 40.0 Å². The molecule has 11 heteroatoms. The Bertz CT molecular complexity index is 1670. The van der Waals surface area contributed by atoms with E-state index in [9.17, 15) is 0 Å². The van der Waals surface area contributed by atoms with Gasteiger partial charge in [0.15, 0.2) is 23.0 Å².